The van der Waals surface area contributed by atoms with Crippen molar-refractivity contribution in [2.24, 2.45) is 0 Å². The average Bonchev–Trinajstić information content (AvgIpc) is 3.45. The Morgan fingerprint density at radius 2 is 1.94 bits per heavy atom. The van der Waals surface area contributed by atoms with Crippen LogP contribution in [0.25, 0.3) is 11.3 Å². The lowest BCUT2D eigenvalue weighted by Crippen LogP contribution is -2.29. The topological polar surface area (TPSA) is 50.5 Å². The first kappa shape index (κ1) is 21.5. The van der Waals surface area contributed by atoms with Gasteiger partial charge in [-0.3, -0.25) is 4.98 Å². The molecular weight excluding hydrogens is 454 g/mol. The van der Waals surface area contributed by atoms with Gasteiger partial charge in [-0.2, -0.15) is 0 Å². The van der Waals surface area contributed by atoms with Gasteiger partial charge in [0.1, 0.15) is 23.3 Å². The van der Waals surface area contributed by atoms with Gasteiger partial charge < -0.3 is 19.4 Å². The number of aryl methyl sites for hydroxylation is 1. The second kappa shape index (κ2) is 8.89. The summed E-state index contributed by atoms with van der Waals surface area (Å²) >= 11 is 12.0. The molecule has 3 heterocycles. The molecule has 33 heavy (non-hydrogen) atoms. The molecule has 7 heteroatoms. The van der Waals surface area contributed by atoms with Crippen LogP contribution in [-0.2, 0) is 0 Å². The number of pyridine rings is 1. The monoisotopic (exact) mass is 475 g/mol. The van der Waals surface area contributed by atoms with Crippen LogP contribution in [0, 0.1) is 6.92 Å². The molecule has 2 aromatic heterocycles. The van der Waals surface area contributed by atoms with E-state index in [2.05, 4.69) is 15.2 Å². The van der Waals surface area contributed by atoms with Crippen molar-refractivity contribution in [1.29, 1.82) is 0 Å². The Morgan fingerprint density at radius 1 is 1.06 bits per heavy atom. The number of methoxy groups -OCH3 is 1. The molecule has 2 unspecified atom stereocenters. The molecule has 5 rings (SSSR count). The highest BCUT2D eigenvalue weighted by atomic mass is 35.5. The van der Waals surface area contributed by atoms with Crippen molar-refractivity contribution in [1.82, 2.24) is 10.3 Å². The first-order chi connectivity index (χ1) is 16.0. The molecule has 1 saturated heterocycles. The van der Waals surface area contributed by atoms with Gasteiger partial charge in [0.2, 0.25) is 0 Å². The molecule has 2 atom stereocenters. The van der Waals surface area contributed by atoms with Crippen LogP contribution in [0.15, 0.2) is 83.4 Å². The van der Waals surface area contributed by atoms with E-state index in [-0.39, 0.29) is 12.1 Å². The maximum atomic E-state index is 6.44. The summed E-state index contributed by atoms with van der Waals surface area (Å²) in [7, 11) is 1.65. The number of nitrogens with one attached hydrogen (secondary N) is 1. The zero-order chi connectivity index (χ0) is 22.9. The van der Waals surface area contributed by atoms with E-state index in [1.54, 1.807) is 13.3 Å². The Bertz CT molecular complexity index is 1310. The second-order valence-corrected chi connectivity index (χ2v) is 8.68. The number of aromatic nitrogens is 1. The molecule has 0 bridgehead atoms. The fourth-order valence-electron chi connectivity index (χ4n) is 4.20. The molecule has 166 valence electrons. The molecule has 1 aliphatic rings. The Kier molecular flexibility index (Phi) is 5.79. The van der Waals surface area contributed by atoms with Crippen molar-refractivity contribution in [2.75, 3.05) is 12.0 Å². The third-order valence-corrected chi connectivity index (χ3v) is 6.36. The Hall–Kier alpha value is -3.35. The number of nitrogens with zero attached hydrogens (tertiary/aromatic N) is 2. The van der Waals surface area contributed by atoms with Gasteiger partial charge in [0.15, 0.2) is 5.11 Å². The molecule has 0 amide bonds. The molecule has 0 spiro atoms. The first-order valence-corrected chi connectivity index (χ1v) is 11.3. The Labute approximate surface area is 203 Å². The van der Waals surface area contributed by atoms with E-state index in [0.29, 0.717) is 10.1 Å². The number of anilines is 1. The zero-order valence-electron chi connectivity index (χ0n) is 18.2. The van der Waals surface area contributed by atoms with Crippen molar-refractivity contribution in [3.63, 3.8) is 0 Å². The Balaban J connectivity index is 1.62. The van der Waals surface area contributed by atoms with Crippen LogP contribution >= 0.6 is 23.8 Å². The van der Waals surface area contributed by atoms with Crippen LogP contribution in [0.4, 0.5) is 5.69 Å². The molecule has 0 saturated carbocycles. The fourth-order valence-corrected chi connectivity index (χ4v) is 4.72. The van der Waals surface area contributed by atoms with E-state index in [0.717, 1.165) is 39.8 Å². The van der Waals surface area contributed by atoms with E-state index in [1.807, 2.05) is 79.7 Å². The van der Waals surface area contributed by atoms with Crippen molar-refractivity contribution >= 4 is 34.6 Å². The maximum Gasteiger partial charge on any atom is 0.174 e. The van der Waals surface area contributed by atoms with Crippen molar-refractivity contribution in [2.45, 2.75) is 19.0 Å². The summed E-state index contributed by atoms with van der Waals surface area (Å²) < 4.78 is 11.9. The number of thiocarbonyl (C=S) groups is 1. The number of halogens is 1. The third-order valence-electron chi connectivity index (χ3n) is 5.81. The lowest BCUT2D eigenvalue weighted by atomic mass is 10.0. The first-order valence-electron chi connectivity index (χ1n) is 10.6. The summed E-state index contributed by atoms with van der Waals surface area (Å²) in [6, 6.07) is 23.0. The second-order valence-electron chi connectivity index (χ2n) is 7.86. The number of benzene rings is 2. The SMILES string of the molecule is COc1cccc(N2C(=S)NC(c3ccccn3)C2c2ccc(-c3cc(Cl)ccc3C)o2)c1. The van der Waals surface area contributed by atoms with Gasteiger partial charge in [0.25, 0.3) is 0 Å². The highest BCUT2D eigenvalue weighted by molar-refractivity contribution is 7.80. The van der Waals surface area contributed by atoms with Gasteiger partial charge in [-0.15, -0.1) is 0 Å². The summed E-state index contributed by atoms with van der Waals surface area (Å²) in [5, 5.41) is 4.71. The third kappa shape index (κ3) is 4.08. The summed E-state index contributed by atoms with van der Waals surface area (Å²) in [6.07, 6.45) is 1.79. The summed E-state index contributed by atoms with van der Waals surface area (Å²) in [4.78, 5) is 6.65. The van der Waals surface area contributed by atoms with Gasteiger partial charge in [-0.1, -0.05) is 29.8 Å². The molecule has 0 aliphatic carbocycles. The molecule has 1 aliphatic heterocycles. The molecule has 1 fully saturated rings. The van der Waals surface area contributed by atoms with E-state index >= 15 is 0 Å². The molecule has 5 nitrogen and oxygen atoms in total. The number of rotatable bonds is 5. The maximum absolute atomic E-state index is 6.44. The molecular formula is C26H22ClN3O2S. The quantitative estimate of drug-likeness (QED) is 0.333. The van der Waals surface area contributed by atoms with Crippen LogP contribution < -0.4 is 15.0 Å². The molecule has 0 radical (unpaired) electrons. The minimum Gasteiger partial charge on any atom is -0.497 e. The van der Waals surface area contributed by atoms with Gasteiger partial charge >= 0.3 is 0 Å². The summed E-state index contributed by atoms with van der Waals surface area (Å²) in [6.45, 7) is 2.04. The van der Waals surface area contributed by atoms with Crippen LogP contribution in [0.5, 0.6) is 5.75 Å². The lowest BCUT2D eigenvalue weighted by Gasteiger charge is -2.26. The minimum absolute atomic E-state index is 0.190. The highest BCUT2D eigenvalue weighted by Gasteiger charge is 2.42. The predicted molar refractivity (Wildman–Crippen MR) is 135 cm³/mol. The largest absolute Gasteiger partial charge is 0.497 e. The average molecular weight is 476 g/mol. The van der Waals surface area contributed by atoms with Crippen molar-refractivity contribution in [3.05, 3.63) is 101 Å². The zero-order valence-corrected chi connectivity index (χ0v) is 19.7. The predicted octanol–water partition coefficient (Wildman–Crippen LogP) is 6.49. The molecule has 2 aromatic carbocycles. The molecule has 4 aromatic rings. The smallest absolute Gasteiger partial charge is 0.174 e. The van der Waals surface area contributed by atoms with Crippen LogP contribution in [-0.4, -0.2) is 17.2 Å². The van der Waals surface area contributed by atoms with Crippen molar-refractivity contribution < 1.29 is 9.15 Å². The van der Waals surface area contributed by atoms with Crippen molar-refractivity contribution in [3.8, 4) is 17.1 Å². The number of furan rings is 1. The van der Waals surface area contributed by atoms with Gasteiger partial charge in [0.05, 0.1) is 18.8 Å². The van der Waals surface area contributed by atoms with E-state index in [1.165, 1.54) is 0 Å². The van der Waals surface area contributed by atoms with Crippen LogP contribution in [0.1, 0.15) is 29.1 Å². The van der Waals surface area contributed by atoms with Gasteiger partial charge in [-0.25, -0.2) is 0 Å². The standard InChI is InChI=1S/C26H22ClN3O2S/c1-16-9-10-17(27)14-20(16)22-11-12-23(32-22)25-24(21-8-3-4-13-28-21)29-26(33)30(25)18-6-5-7-19(15-18)31-2/h3-15,24-25H,1-2H3,(H,29,33). The fraction of sp³-hybridized carbons (Fsp3) is 0.154. The number of hydrogen-bond donors (Lipinski definition) is 1. The van der Waals surface area contributed by atoms with Crippen LogP contribution in [0.2, 0.25) is 5.02 Å². The van der Waals surface area contributed by atoms with Gasteiger partial charge in [-0.05, 0) is 73.2 Å². The Morgan fingerprint density at radius 3 is 2.73 bits per heavy atom. The minimum atomic E-state index is -0.243. The normalized spacial score (nSPS) is 17.8. The van der Waals surface area contributed by atoms with Crippen LogP contribution in [0.3, 0.4) is 0 Å². The number of hydrogen-bond acceptors (Lipinski definition) is 4. The lowest BCUT2D eigenvalue weighted by molar-refractivity contribution is 0.414. The van der Waals surface area contributed by atoms with E-state index < -0.39 is 0 Å². The molecule has 1 N–H and O–H groups in total. The van der Waals surface area contributed by atoms with Gasteiger partial charge in [0, 0.05) is 28.5 Å². The number of ether oxygens (including phenoxy) is 1. The summed E-state index contributed by atoms with van der Waals surface area (Å²) in [5.74, 6) is 2.29. The summed E-state index contributed by atoms with van der Waals surface area (Å²) in [5.41, 5.74) is 3.84. The van der Waals surface area contributed by atoms with E-state index in [4.69, 9.17) is 33.0 Å². The highest BCUT2D eigenvalue weighted by Crippen LogP contribution is 2.43. The van der Waals surface area contributed by atoms with E-state index in [9.17, 15) is 0 Å².